The van der Waals surface area contributed by atoms with E-state index in [2.05, 4.69) is 21.9 Å². The van der Waals surface area contributed by atoms with Crippen molar-refractivity contribution in [2.75, 3.05) is 36.8 Å². The summed E-state index contributed by atoms with van der Waals surface area (Å²) in [6, 6.07) is 11.0. The van der Waals surface area contributed by atoms with E-state index in [1.807, 2.05) is 19.1 Å². The van der Waals surface area contributed by atoms with Crippen molar-refractivity contribution in [1.29, 1.82) is 0 Å². The zero-order valence-electron chi connectivity index (χ0n) is 18.1. The Bertz CT molecular complexity index is 1170. The van der Waals surface area contributed by atoms with E-state index >= 15 is 0 Å². The molecule has 7 nitrogen and oxygen atoms in total. The summed E-state index contributed by atoms with van der Waals surface area (Å²) in [4.78, 5) is 2.57. The van der Waals surface area contributed by atoms with Gasteiger partial charge in [-0.15, -0.1) is 0 Å². The number of aryl methyl sites for hydroxylation is 1. The number of furan rings is 1. The minimum absolute atomic E-state index is 0.112. The van der Waals surface area contributed by atoms with Gasteiger partial charge in [-0.2, -0.15) is 0 Å². The van der Waals surface area contributed by atoms with Crippen LogP contribution in [0.1, 0.15) is 25.3 Å². The van der Waals surface area contributed by atoms with Gasteiger partial charge in [-0.3, -0.25) is 9.62 Å². The van der Waals surface area contributed by atoms with Crippen LogP contribution in [0.15, 0.2) is 52.0 Å². The molecule has 2 aromatic carbocycles. The Balaban J connectivity index is 1.62. The van der Waals surface area contributed by atoms with E-state index in [1.165, 1.54) is 13.5 Å². The van der Waals surface area contributed by atoms with E-state index in [-0.39, 0.29) is 4.90 Å². The van der Waals surface area contributed by atoms with Gasteiger partial charge in [0.25, 0.3) is 10.0 Å². The lowest BCUT2D eigenvalue weighted by atomic mass is 10.2. The maximum Gasteiger partial charge on any atom is 0.265 e. The molecule has 2 heterocycles. The number of likely N-dealkylation sites (N-methyl/N-ethyl adjacent to an activating group) is 1. The number of likely N-dealkylation sites (tertiary alicyclic amines) is 1. The molecule has 1 saturated heterocycles. The van der Waals surface area contributed by atoms with Gasteiger partial charge in [-0.1, -0.05) is 13.0 Å². The summed E-state index contributed by atoms with van der Waals surface area (Å²) in [5.74, 6) is 0.307. The van der Waals surface area contributed by atoms with Crippen molar-refractivity contribution in [3.8, 4) is 5.75 Å². The van der Waals surface area contributed by atoms with Crippen LogP contribution < -0.4 is 14.8 Å². The first-order valence-corrected chi connectivity index (χ1v) is 12.1. The molecule has 1 aromatic heterocycles. The maximum atomic E-state index is 13.1. The quantitative estimate of drug-likeness (QED) is 0.535. The SMILES string of the molecule is CCN1CCCC1CNc1cc(NS(=O)(=O)c2cc(C)ccc2OC)cc2ccoc12. The Labute approximate surface area is 183 Å². The molecule has 0 radical (unpaired) electrons. The number of sulfonamides is 1. The highest BCUT2D eigenvalue weighted by Crippen LogP contribution is 2.32. The van der Waals surface area contributed by atoms with Gasteiger partial charge >= 0.3 is 0 Å². The van der Waals surface area contributed by atoms with Gasteiger partial charge in [0.1, 0.15) is 10.6 Å². The van der Waals surface area contributed by atoms with E-state index in [0.717, 1.165) is 48.3 Å². The van der Waals surface area contributed by atoms with Crippen molar-refractivity contribution in [2.24, 2.45) is 0 Å². The van der Waals surface area contributed by atoms with Gasteiger partial charge in [0, 0.05) is 18.0 Å². The Morgan fingerprint density at radius 1 is 1.23 bits per heavy atom. The van der Waals surface area contributed by atoms with Crippen molar-refractivity contribution >= 4 is 32.4 Å². The second-order valence-corrected chi connectivity index (χ2v) is 9.58. The molecule has 1 aliphatic heterocycles. The largest absolute Gasteiger partial charge is 0.495 e. The van der Waals surface area contributed by atoms with E-state index < -0.39 is 10.0 Å². The molecule has 2 N–H and O–H groups in total. The van der Waals surface area contributed by atoms with Gasteiger partial charge in [-0.25, -0.2) is 8.42 Å². The number of nitrogens with one attached hydrogen (secondary N) is 2. The van der Waals surface area contributed by atoms with Crippen LogP contribution in [0.5, 0.6) is 5.75 Å². The molecule has 1 unspecified atom stereocenters. The number of hydrogen-bond donors (Lipinski definition) is 2. The molecule has 0 bridgehead atoms. The lowest BCUT2D eigenvalue weighted by Gasteiger charge is -2.23. The van der Waals surface area contributed by atoms with Crippen molar-refractivity contribution in [3.05, 3.63) is 48.2 Å². The molecule has 0 saturated carbocycles. The zero-order valence-corrected chi connectivity index (χ0v) is 19.0. The fraction of sp³-hybridized carbons (Fsp3) is 0.391. The molecule has 166 valence electrons. The van der Waals surface area contributed by atoms with E-state index in [1.54, 1.807) is 30.5 Å². The average molecular weight is 444 g/mol. The summed E-state index contributed by atoms with van der Waals surface area (Å²) in [6.07, 6.45) is 3.97. The number of anilines is 2. The van der Waals surface area contributed by atoms with Crippen molar-refractivity contribution < 1.29 is 17.6 Å². The van der Waals surface area contributed by atoms with Gasteiger partial charge in [0.05, 0.1) is 24.7 Å². The summed E-state index contributed by atoms with van der Waals surface area (Å²) < 4.78 is 39.9. The standard InChI is InChI=1S/C23H29N3O4S/c1-4-26-10-5-6-19(26)15-24-20-14-18(13-17-9-11-30-23(17)20)25-31(27,28)22-12-16(2)7-8-21(22)29-3/h7-9,11-14,19,24-25H,4-6,10,15H2,1-3H3. The molecule has 1 aliphatic rings. The number of rotatable bonds is 8. The fourth-order valence-electron chi connectivity index (χ4n) is 4.25. The second-order valence-electron chi connectivity index (χ2n) is 7.93. The maximum absolute atomic E-state index is 13.1. The van der Waals surface area contributed by atoms with Crippen LogP contribution in [0.4, 0.5) is 11.4 Å². The monoisotopic (exact) mass is 443 g/mol. The third kappa shape index (κ3) is 4.50. The summed E-state index contributed by atoms with van der Waals surface area (Å²) in [5, 5.41) is 4.31. The van der Waals surface area contributed by atoms with E-state index in [9.17, 15) is 8.42 Å². The Kier molecular flexibility index (Phi) is 6.11. The minimum atomic E-state index is -3.83. The molecule has 1 atom stereocenters. The predicted molar refractivity (Wildman–Crippen MR) is 124 cm³/mol. The van der Waals surface area contributed by atoms with Crippen LogP contribution >= 0.6 is 0 Å². The number of nitrogens with zero attached hydrogens (tertiary/aromatic N) is 1. The van der Waals surface area contributed by atoms with E-state index in [0.29, 0.717) is 17.5 Å². The van der Waals surface area contributed by atoms with Gasteiger partial charge in [0.15, 0.2) is 5.58 Å². The number of benzene rings is 2. The normalized spacial score (nSPS) is 17.2. The second kappa shape index (κ2) is 8.80. The van der Waals surface area contributed by atoms with Crippen LogP contribution in [0.25, 0.3) is 11.0 Å². The number of ether oxygens (including phenoxy) is 1. The lowest BCUT2D eigenvalue weighted by molar-refractivity contribution is 0.277. The molecule has 0 spiro atoms. The molecule has 0 aliphatic carbocycles. The van der Waals surface area contributed by atoms with Crippen LogP contribution in [0.2, 0.25) is 0 Å². The molecular formula is C23H29N3O4S. The molecular weight excluding hydrogens is 414 g/mol. The minimum Gasteiger partial charge on any atom is -0.495 e. The Morgan fingerprint density at radius 3 is 2.84 bits per heavy atom. The van der Waals surface area contributed by atoms with Crippen LogP contribution in [-0.2, 0) is 10.0 Å². The van der Waals surface area contributed by atoms with Gasteiger partial charge in [-0.05, 0) is 68.8 Å². The van der Waals surface area contributed by atoms with Crippen LogP contribution in [0.3, 0.4) is 0 Å². The summed E-state index contributed by atoms with van der Waals surface area (Å²) in [6.45, 7) is 6.96. The third-order valence-electron chi connectivity index (χ3n) is 5.85. The third-order valence-corrected chi connectivity index (χ3v) is 7.25. The molecule has 1 fully saturated rings. The van der Waals surface area contributed by atoms with Crippen molar-refractivity contribution in [2.45, 2.75) is 37.6 Å². The first-order valence-electron chi connectivity index (χ1n) is 10.6. The highest BCUT2D eigenvalue weighted by atomic mass is 32.2. The lowest BCUT2D eigenvalue weighted by Crippen LogP contribution is -2.34. The number of hydrogen-bond acceptors (Lipinski definition) is 6. The smallest absolute Gasteiger partial charge is 0.265 e. The van der Waals surface area contributed by atoms with Crippen LogP contribution in [0, 0.1) is 6.92 Å². The zero-order chi connectivity index (χ0) is 22.0. The van der Waals surface area contributed by atoms with Gasteiger partial charge in [0.2, 0.25) is 0 Å². The predicted octanol–water partition coefficient (Wildman–Crippen LogP) is 4.45. The first kappa shape index (κ1) is 21.5. The first-order chi connectivity index (χ1) is 14.9. The average Bonchev–Trinajstić information content (AvgIpc) is 3.40. The molecule has 31 heavy (non-hydrogen) atoms. The number of methoxy groups -OCH3 is 1. The van der Waals surface area contributed by atoms with Crippen LogP contribution in [-0.4, -0.2) is 46.1 Å². The summed E-state index contributed by atoms with van der Waals surface area (Å²) in [5.41, 5.74) is 2.81. The van der Waals surface area contributed by atoms with Gasteiger partial charge < -0.3 is 14.5 Å². The molecule has 4 rings (SSSR count). The molecule has 8 heteroatoms. The number of fused-ring (bicyclic) bond motifs is 1. The Hall–Kier alpha value is -2.71. The fourth-order valence-corrected chi connectivity index (χ4v) is 5.54. The Morgan fingerprint density at radius 2 is 2.06 bits per heavy atom. The highest BCUT2D eigenvalue weighted by Gasteiger charge is 2.24. The van der Waals surface area contributed by atoms with Crippen molar-refractivity contribution in [3.63, 3.8) is 0 Å². The highest BCUT2D eigenvalue weighted by molar-refractivity contribution is 7.92. The summed E-state index contributed by atoms with van der Waals surface area (Å²) in [7, 11) is -2.37. The molecule has 0 amide bonds. The topological polar surface area (TPSA) is 83.8 Å². The summed E-state index contributed by atoms with van der Waals surface area (Å²) >= 11 is 0. The molecule has 3 aromatic rings. The van der Waals surface area contributed by atoms with Crippen molar-refractivity contribution in [1.82, 2.24) is 4.90 Å². The van der Waals surface area contributed by atoms with E-state index in [4.69, 9.17) is 9.15 Å².